The summed E-state index contributed by atoms with van der Waals surface area (Å²) in [4.78, 5) is 21.5. The van der Waals surface area contributed by atoms with Gasteiger partial charge in [0.2, 0.25) is 0 Å². The fraction of sp³-hybridized carbons (Fsp3) is 0.182. The summed E-state index contributed by atoms with van der Waals surface area (Å²) in [5.41, 5.74) is 4.63. The van der Waals surface area contributed by atoms with Crippen molar-refractivity contribution in [1.82, 2.24) is 10.5 Å². The molecule has 0 aliphatic heterocycles. The fourth-order valence-corrected chi connectivity index (χ4v) is 5.71. The molecule has 45 heavy (non-hydrogen) atoms. The Balaban J connectivity index is 1.59. The summed E-state index contributed by atoms with van der Waals surface area (Å²) in [6.45, 7) is 0. The molecule has 1 aromatic heterocycles. The number of halogens is 4. The number of hydrogen-bond donors (Lipinski definition) is 3. The molecule has 4 aromatic carbocycles. The first kappa shape index (κ1) is 30.2. The summed E-state index contributed by atoms with van der Waals surface area (Å²) in [5.74, 6) is -1.06. The summed E-state index contributed by atoms with van der Waals surface area (Å²) in [6.07, 6.45) is 1.56. The number of fused-ring (bicyclic) bond motifs is 1. The highest BCUT2D eigenvalue weighted by Crippen LogP contribution is 2.50. The van der Waals surface area contributed by atoms with Gasteiger partial charge in [-0.15, -0.1) is 0 Å². The molecule has 5 aromatic rings. The number of hydroxylamine groups is 1. The van der Waals surface area contributed by atoms with Gasteiger partial charge in [0.15, 0.2) is 5.75 Å². The molecule has 1 aliphatic carbocycles. The van der Waals surface area contributed by atoms with Crippen LogP contribution < -0.4 is 25.2 Å². The second-order valence-corrected chi connectivity index (χ2v) is 10.8. The smallest absolute Gasteiger partial charge is 0.343 e. The lowest BCUT2D eigenvalue weighted by molar-refractivity contribution is 0.114. The van der Waals surface area contributed by atoms with E-state index in [1.54, 1.807) is 30.3 Å². The maximum absolute atomic E-state index is 15.6. The molecule has 0 saturated heterocycles. The van der Waals surface area contributed by atoms with Crippen LogP contribution in [0.25, 0.3) is 33.3 Å². The standard InChI is InChI=1S/C33H28ClF3N4O4/c1-43-19-10-12-20(27(37)14-19)22-16-29(41(18-8-9-18)31-24(34)5-4-6-25(31)35)23-15-28(39-30(23)32(22)44-2)21-11-7-17(13-26(21)36)38-33(42)40-45-3/h4-7,10-16,18,39H,8-9H2,1-3H3,(H2,38,40,42). The third kappa shape index (κ3) is 5.72. The summed E-state index contributed by atoms with van der Waals surface area (Å²) < 4.78 is 57.6. The number of carbonyl (C=O) groups excluding carboxylic acids is 1. The fourth-order valence-electron chi connectivity index (χ4n) is 5.46. The topological polar surface area (TPSA) is 87.8 Å². The van der Waals surface area contributed by atoms with E-state index in [0.29, 0.717) is 39.3 Å². The van der Waals surface area contributed by atoms with Gasteiger partial charge in [-0.1, -0.05) is 17.7 Å². The molecule has 3 N–H and O–H groups in total. The van der Waals surface area contributed by atoms with Gasteiger partial charge < -0.3 is 24.7 Å². The Hall–Kier alpha value is -4.87. The molecule has 1 heterocycles. The lowest BCUT2D eigenvalue weighted by atomic mass is 9.99. The van der Waals surface area contributed by atoms with Crippen LogP contribution in [0.2, 0.25) is 5.02 Å². The van der Waals surface area contributed by atoms with Gasteiger partial charge in [-0.3, -0.25) is 4.84 Å². The average Bonchev–Trinajstić information content (AvgIpc) is 3.75. The summed E-state index contributed by atoms with van der Waals surface area (Å²) in [5, 5.41) is 3.26. The molecule has 232 valence electrons. The second kappa shape index (κ2) is 12.3. The first-order valence-electron chi connectivity index (χ1n) is 13.9. The zero-order chi connectivity index (χ0) is 31.8. The number of rotatable bonds is 9. The SMILES string of the molecule is CONC(=O)Nc1ccc(-c2cc3c(N(c4c(F)cccc4Cl)C4CC4)cc(-c4ccc(OC)cc4F)c(OC)c3[nH]2)c(F)c1. The van der Waals surface area contributed by atoms with E-state index in [-0.39, 0.29) is 33.6 Å². The van der Waals surface area contributed by atoms with Crippen LogP contribution >= 0.6 is 11.6 Å². The second-order valence-electron chi connectivity index (χ2n) is 10.4. The lowest BCUT2D eigenvalue weighted by Crippen LogP contribution is -2.27. The van der Waals surface area contributed by atoms with E-state index in [2.05, 4.69) is 20.6 Å². The number of nitrogens with zero attached hydrogens (tertiary/aromatic N) is 1. The van der Waals surface area contributed by atoms with Crippen LogP contribution in [0.5, 0.6) is 11.5 Å². The van der Waals surface area contributed by atoms with Gasteiger partial charge >= 0.3 is 6.03 Å². The molecule has 0 radical (unpaired) electrons. The normalized spacial score (nSPS) is 12.7. The summed E-state index contributed by atoms with van der Waals surface area (Å²) in [7, 11) is 4.18. The van der Waals surface area contributed by atoms with Gasteiger partial charge in [0.25, 0.3) is 0 Å². The molecule has 0 atom stereocenters. The van der Waals surface area contributed by atoms with Gasteiger partial charge in [0.05, 0.1) is 43.2 Å². The number of aromatic nitrogens is 1. The number of nitrogens with one attached hydrogen (secondary N) is 3. The number of para-hydroxylation sites is 1. The average molecular weight is 637 g/mol. The van der Waals surface area contributed by atoms with Crippen LogP contribution in [-0.4, -0.2) is 38.4 Å². The quantitative estimate of drug-likeness (QED) is 0.141. The minimum Gasteiger partial charge on any atom is -0.497 e. The number of H-pyrrole nitrogens is 1. The molecule has 0 bridgehead atoms. The lowest BCUT2D eigenvalue weighted by Gasteiger charge is -2.28. The van der Waals surface area contributed by atoms with Crippen LogP contribution in [0.1, 0.15) is 12.8 Å². The van der Waals surface area contributed by atoms with E-state index >= 15 is 13.2 Å². The number of methoxy groups -OCH3 is 2. The maximum atomic E-state index is 15.6. The van der Waals surface area contributed by atoms with Gasteiger partial charge in [0.1, 0.15) is 23.2 Å². The molecular formula is C33H28ClF3N4O4. The number of carbonyl (C=O) groups is 1. The van der Waals surface area contributed by atoms with Crippen LogP contribution in [0.4, 0.5) is 35.0 Å². The number of ether oxygens (including phenoxy) is 2. The van der Waals surface area contributed by atoms with Gasteiger partial charge in [-0.25, -0.2) is 23.4 Å². The Kier molecular flexibility index (Phi) is 8.22. The molecule has 1 aliphatic rings. The van der Waals surface area contributed by atoms with E-state index < -0.39 is 23.5 Å². The molecule has 12 heteroatoms. The van der Waals surface area contributed by atoms with Crippen molar-refractivity contribution < 1.29 is 32.3 Å². The van der Waals surface area contributed by atoms with Crippen molar-refractivity contribution in [3.05, 3.63) is 89.2 Å². The van der Waals surface area contributed by atoms with E-state index in [1.807, 2.05) is 4.90 Å². The van der Waals surface area contributed by atoms with Crippen molar-refractivity contribution in [2.75, 3.05) is 31.5 Å². The van der Waals surface area contributed by atoms with Crippen LogP contribution in [0.3, 0.4) is 0 Å². The van der Waals surface area contributed by atoms with E-state index in [1.165, 1.54) is 57.7 Å². The van der Waals surface area contributed by atoms with Crippen molar-refractivity contribution >= 4 is 45.6 Å². The van der Waals surface area contributed by atoms with E-state index in [0.717, 1.165) is 12.8 Å². The van der Waals surface area contributed by atoms with E-state index in [4.69, 9.17) is 21.1 Å². The molecule has 0 unspecified atom stereocenters. The predicted molar refractivity (Wildman–Crippen MR) is 168 cm³/mol. The predicted octanol–water partition coefficient (Wildman–Crippen LogP) is 8.57. The molecule has 2 amide bonds. The number of aromatic amines is 1. The third-order valence-corrected chi connectivity index (χ3v) is 7.88. The zero-order valence-electron chi connectivity index (χ0n) is 24.4. The molecule has 1 fully saturated rings. The molecule has 1 saturated carbocycles. The van der Waals surface area contributed by atoms with Crippen molar-refractivity contribution in [3.8, 4) is 33.9 Å². The minimum atomic E-state index is -0.671. The maximum Gasteiger partial charge on any atom is 0.343 e. The molecular weight excluding hydrogens is 609 g/mol. The van der Waals surface area contributed by atoms with Crippen molar-refractivity contribution in [2.45, 2.75) is 18.9 Å². The highest BCUT2D eigenvalue weighted by molar-refractivity contribution is 6.33. The Morgan fingerprint density at radius 2 is 1.64 bits per heavy atom. The number of amides is 2. The van der Waals surface area contributed by atoms with E-state index in [9.17, 15) is 4.79 Å². The van der Waals surface area contributed by atoms with Gasteiger partial charge in [-0.05, 0) is 67.4 Å². The molecule has 8 nitrogen and oxygen atoms in total. The zero-order valence-corrected chi connectivity index (χ0v) is 25.2. The Bertz CT molecular complexity index is 1910. The number of anilines is 3. The number of benzene rings is 4. The van der Waals surface area contributed by atoms with Crippen molar-refractivity contribution in [1.29, 1.82) is 0 Å². The Labute approximate surface area is 261 Å². The highest BCUT2D eigenvalue weighted by Gasteiger charge is 2.35. The molecule has 0 spiro atoms. The summed E-state index contributed by atoms with van der Waals surface area (Å²) in [6, 6.07) is 15.9. The number of urea groups is 1. The first-order valence-corrected chi connectivity index (χ1v) is 14.3. The van der Waals surface area contributed by atoms with Crippen molar-refractivity contribution in [2.24, 2.45) is 0 Å². The largest absolute Gasteiger partial charge is 0.497 e. The first-order chi connectivity index (χ1) is 21.7. The minimum absolute atomic E-state index is 0.0803. The monoisotopic (exact) mass is 636 g/mol. The molecule has 6 rings (SSSR count). The number of hydrogen-bond acceptors (Lipinski definition) is 5. The van der Waals surface area contributed by atoms with Crippen molar-refractivity contribution in [3.63, 3.8) is 0 Å². The Morgan fingerprint density at radius 3 is 2.29 bits per heavy atom. The van der Waals surface area contributed by atoms with Crippen LogP contribution in [0.15, 0.2) is 66.7 Å². The van der Waals surface area contributed by atoms with Gasteiger partial charge in [0, 0.05) is 45.6 Å². The third-order valence-electron chi connectivity index (χ3n) is 7.58. The van der Waals surface area contributed by atoms with Gasteiger partial charge in [-0.2, -0.15) is 0 Å². The summed E-state index contributed by atoms with van der Waals surface area (Å²) >= 11 is 6.58. The Morgan fingerprint density at radius 1 is 0.889 bits per heavy atom. The highest BCUT2D eigenvalue weighted by atomic mass is 35.5. The van der Waals surface area contributed by atoms with Crippen LogP contribution in [-0.2, 0) is 4.84 Å². The van der Waals surface area contributed by atoms with Crippen LogP contribution in [0, 0.1) is 17.5 Å².